The summed E-state index contributed by atoms with van der Waals surface area (Å²) in [5, 5.41) is 9.12. The third kappa shape index (κ3) is 4.46. The molecule has 21 heavy (non-hydrogen) atoms. The molecule has 6 nitrogen and oxygen atoms in total. The number of nitrogens with zero attached hydrogens (tertiary/aromatic N) is 1. The number of aryl methyl sites for hydroxylation is 1. The van der Waals surface area contributed by atoms with Gasteiger partial charge in [-0.25, -0.2) is 19.4 Å². The lowest BCUT2D eigenvalue weighted by atomic mass is 10.1. The number of aliphatic hydroxyl groups is 1. The lowest BCUT2D eigenvalue weighted by molar-refractivity contribution is -0.237. The van der Waals surface area contributed by atoms with Gasteiger partial charge in [0.2, 0.25) is 0 Å². The maximum atomic E-state index is 11.7. The van der Waals surface area contributed by atoms with Gasteiger partial charge < -0.3 is 5.11 Å². The predicted molar refractivity (Wildman–Crippen MR) is 74.1 cm³/mol. The Bertz CT molecular complexity index is 476. The van der Waals surface area contributed by atoms with Gasteiger partial charge in [-0.2, -0.15) is 0 Å². The molecule has 6 heteroatoms. The second-order valence-electron chi connectivity index (χ2n) is 4.96. The highest BCUT2D eigenvalue weighted by Gasteiger charge is 2.30. The molecule has 0 unspecified atom stereocenters. The van der Waals surface area contributed by atoms with Crippen LogP contribution in [0.2, 0.25) is 0 Å². The average Bonchev–Trinajstić information content (AvgIpc) is 3.00. The first kappa shape index (κ1) is 15.3. The van der Waals surface area contributed by atoms with E-state index in [1.807, 2.05) is 30.3 Å². The van der Waals surface area contributed by atoms with Crippen molar-refractivity contribution in [3.8, 4) is 0 Å². The second kappa shape index (κ2) is 7.64. The summed E-state index contributed by atoms with van der Waals surface area (Å²) in [5.41, 5.74) is 1.01. The van der Waals surface area contributed by atoms with Gasteiger partial charge in [-0.05, 0) is 24.8 Å². The maximum Gasteiger partial charge on any atom is 0.453 e. The predicted octanol–water partition coefficient (Wildman–Crippen LogP) is 1.67. The molecular formula is C15H19NO5. The van der Waals surface area contributed by atoms with E-state index in [9.17, 15) is 9.59 Å². The number of carbonyl (C=O) groups excluding carboxylic acids is 2. The minimum atomic E-state index is -0.723. The highest BCUT2D eigenvalue weighted by molar-refractivity contribution is 5.72. The van der Waals surface area contributed by atoms with E-state index in [0.717, 1.165) is 18.4 Å². The first-order valence-electron chi connectivity index (χ1n) is 7.03. The minimum absolute atomic E-state index is 0.114. The quantitative estimate of drug-likeness (QED) is 0.675. The maximum absolute atomic E-state index is 11.7. The molecule has 114 valence electrons. The fourth-order valence-electron chi connectivity index (χ4n) is 2.33. The Kier molecular flexibility index (Phi) is 5.57. The highest BCUT2D eigenvalue weighted by Crippen LogP contribution is 2.17. The molecule has 1 amide bonds. The number of carbonyl (C=O) groups is 2. The van der Waals surface area contributed by atoms with Crippen LogP contribution in [0.25, 0.3) is 0 Å². The summed E-state index contributed by atoms with van der Waals surface area (Å²) in [5.74, 6) is -0.591. The van der Waals surface area contributed by atoms with Gasteiger partial charge >= 0.3 is 12.1 Å². The molecule has 1 N–H and O–H groups in total. The normalized spacial score (nSPS) is 17.6. The SMILES string of the molecule is O=C(CCc1ccccc1)OOC(=O)N1CCC[C@H]1CO. The zero-order chi connectivity index (χ0) is 15.1. The standard InChI is InChI=1S/C15H19NO5/c17-11-13-7-4-10-16(13)15(19)21-20-14(18)9-8-12-5-2-1-3-6-12/h1-3,5-6,13,17H,4,7-11H2/t13-/m0/s1. The van der Waals surface area contributed by atoms with Crippen LogP contribution in [-0.4, -0.2) is 41.3 Å². The molecule has 0 saturated carbocycles. The molecule has 1 fully saturated rings. The van der Waals surface area contributed by atoms with Crippen molar-refractivity contribution in [2.75, 3.05) is 13.2 Å². The van der Waals surface area contributed by atoms with E-state index in [-0.39, 0.29) is 19.1 Å². The summed E-state index contributed by atoms with van der Waals surface area (Å²) in [6, 6.07) is 9.26. The average molecular weight is 293 g/mol. The van der Waals surface area contributed by atoms with Crippen LogP contribution in [0, 0.1) is 0 Å². The van der Waals surface area contributed by atoms with E-state index >= 15 is 0 Å². The summed E-state index contributed by atoms with van der Waals surface area (Å²) in [6.45, 7) is 0.392. The van der Waals surface area contributed by atoms with Crippen molar-refractivity contribution in [2.45, 2.75) is 31.7 Å². The van der Waals surface area contributed by atoms with Crippen LogP contribution >= 0.6 is 0 Å². The number of benzene rings is 1. The third-order valence-electron chi connectivity index (χ3n) is 3.49. The lowest BCUT2D eigenvalue weighted by Gasteiger charge is -2.20. The molecule has 0 aliphatic carbocycles. The van der Waals surface area contributed by atoms with Crippen LogP contribution in [0.5, 0.6) is 0 Å². The molecule has 1 aromatic rings. The topological polar surface area (TPSA) is 76.1 Å². The first-order chi connectivity index (χ1) is 10.2. The van der Waals surface area contributed by atoms with Crippen molar-refractivity contribution in [1.82, 2.24) is 4.90 Å². The molecule has 1 heterocycles. The monoisotopic (exact) mass is 293 g/mol. The van der Waals surface area contributed by atoms with Gasteiger partial charge in [-0.1, -0.05) is 30.3 Å². The van der Waals surface area contributed by atoms with Gasteiger partial charge in [0.05, 0.1) is 19.1 Å². The van der Waals surface area contributed by atoms with Crippen molar-refractivity contribution < 1.29 is 24.5 Å². The Balaban J connectivity index is 1.70. The van der Waals surface area contributed by atoms with Gasteiger partial charge in [0, 0.05) is 6.54 Å². The van der Waals surface area contributed by atoms with Crippen molar-refractivity contribution in [1.29, 1.82) is 0 Å². The molecule has 1 saturated heterocycles. The summed E-state index contributed by atoms with van der Waals surface area (Å²) in [4.78, 5) is 33.7. The van der Waals surface area contributed by atoms with Crippen molar-refractivity contribution in [3.05, 3.63) is 35.9 Å². The third-order valence-corrected chi connectivity index (χ3v) is 3.49. The number of hydrogen-bond acceptors (Lipinski definition) is 5. The van der Waals surface area contributed by atoms with Crippen LogP contribution in [0.1, 0.15) is 24.8 Å². The van der Waals surface area contributed by atoms with Crippen molar-refractivity contribution in [3.63, 3.8) is 0 Å². The Morgan fingerprint density at radius 2 is 2.00 bits per heavy atom. The Morgan fingerprint density at radius 3 is 2.71 bits per heavy atom. The highest BCUT2D eigenvalue weighted by atomic mass is 17.2. The van der Waals surface area contributed by atoms with Gasteiger partial charge in [0.15, 0.2) is 0 Å². The van der Waals surface area contributed by atoms with Crippen molar-refractivity contribution in [2.24, 2.45) is 0 Å². The number of amides is 1. The molecule has 1 aliphatic heterocycles. The van der Waals surface area contributed by atoms with Crippen LogP contribution in [0.4, 0.5) is 4.79 Å². The molecule has 0 aromatic heterocycles. The lowest BCUT2D eigenvalue weighted by Crippen LogP contribution is -2.38. The number of hydrogen-bond donors (Lipinski definition) is 1. The minimum Gasteiger partial charge on any atom is -0.394 e. The van der Waals surface area contributed by atoms with E-state index in [4.69, 9.17) is 5.11 Å². The smallest absolute Gasteiger partial charge is 0.394 e. The van der Waals surface area contributed by atoms with Gasteiger partial charge in [-0.15, -0.1) is 0 Å². The molecular weight excluding hydrogens is 274 g/mol. The van der Waals surface area contributed by atoms with E-state index in [1.54, 1.807) is 0 Å². The number of likely N-dealkylation sites (tertiary alicyclic amines) is 1. The van der Waals surface area contributed by atoms with Crippen LogP contribution in [0.15, 0.2) is 30.3 Å². The second-order valence-corrected chi connectivity index (χ2v) is 4.96. The molecule has 0 spiro atoms. The van der Waals surface area contributed by atoms with Gasteiger partial charge in [-0.3, -0.25) is 4.90 Å². The molecule has 0 radical (unpaired) electrons. The van der Waals surface area contributed by atoms with E-state index in [0.29, 0.717) is 13.0 Å². The molecule has 1 atom stereocenters. The number of rotatable bonds is 4. The summed E-state index contributed by atoms with van der Waals surface area (Å²) >= 11 is 0. The molecule has 1 aromatic carbocycles. The Hall–Kier alpha value is -2.08. The zero-order valence-electron chi connectivity index (χ0n) is 11.7. The Morgan fingerprint density at radius 1 is 1.24 bits per heavy atom. The van der Waals surface area contributed by atoms with E-state index in [1.165, 1.54) is 4.90 Å². The molecule has 1 aliphatic rings. The van der Waals surface area contributed by atoms with Crippen LogP contribution in [-0.2, 0) is 21.0 Å². The zero-order valence-corrected chi connectivity index (χ0v) is 11.7. The van der Waals surface area contributed by atoms with Gasteiger partial charge in [0.25, 0.3) is 0 Å². The molecule has 2 rings (SSSR count). The summed E-state index contributed by atoms with van der Waals surface area (Å²) < 4.78 is 0. The first-order valence-corrected chi connectivity index (χ1v) is 7.03. The van der Waals surface area contributed by atoms with E-state index < -0.39 is 12.1 Å². The largest absolute Gasteiger partial charge is 0.453 e. The van der Waals surface area contributed by atoms with E-state index in [2.05, 4.69) is 9.78 Å². The fraction of sp³-hybridized carbons (Fsp3) is 0.467. The van der Waals surface area contributed by atoms with Gasteiger partial charge in [0.1, 0.15) is 0 Å². The van der Waals surface area contributed by atoms with Crippen LogP contribution < -0.4 is 0 Å². The number of aliphatic hydroxyl groups excluding tert-OH is 1. The van der Waals surface area contributed by atoms with Crippen molar-refractivity contribution >= 4 is 12.1 Å². The fourth-order valence-corrected chi connectivity index (χ4v) is 2.33. The Labute approximate surface area is 123 Å². The molecule has 0 bridgehead atoms. The summed E-state index contributed by atoms with van der Waals surface area (Å²) in [6.07, 6.45) is 1.48. The van der Waals surface area contributed by atoms with Crippen LogP contribution in [0.3, 0.4) is 0 Å². The summed E-state index contributed by atoms with van der Waals surface area (Å²) in [7, 11) is 0.